The lowest BCUT2D eigenvalue weighted by Crippen LogP contribution is -2.16. The maximum atomic E-state index is 13.3. The Balaban J connectivity index is 2.35. The lowest BCUT2D eigenvalue weighted by Gasteiger charge is -2.10. The molecule has 0 N–H and O–H groups in total. The summed E-state index contributed by atoms with van der Waals surface area (Å²) in [4.78, 5) is 0.0435. The fraction of sp³-hybridized carbons (Fsp3) is 0.455. The maximum Gasteiger partial charge on any atom is 0.300 e. The van der Waals surface area contributed by atoms with Crippen molar-refractivity contribution >= 4 is 10.1 Å². The molecular weight excluding hydrogens is 231 g/mol. The lowest BCUT2D eigenvalue weighted by atomic mass is 10.2. The van der Waals surface area contributed by atoms with Crippen LogP contribution in [0, 0.1) is 13.8 Å². The number of benzene rings is 1. The van der Waals surface area contributed by atoms with E-state index in [1.165, 1.54) is 6.07 Å². The molecule has 0 aliphatic heterocycles. The number of hydrogen-bond donors (Lipinski definition) is 0. The predicted octanol–water partition coefficient (Wildman–Crippen LogP) is 2.47. The molecule has 2 rings (SSSR count). The molecule has 0 bridgehead atoms. The standard InChI is InChI=1S/C11H13FO3S/c1-8-3-4-10(9(2)7-8)16(13,14)15-11(12)5-6-11/h3-4,7H,5-6H2,1-2H3. The van der Waals surface area contributed by atoms with Gasteiger partial charge in [-0.2, -0.15) is 8.42 Å². The molecule has 0 saturated heterocycles. The Morgan fingerprint density at radius 2 is 1.94 bits per heavy atom. The number of halogens is 1. The second-order valence-corrected chi connectivity index (χ2v) is 5.70. The molecule has 0 amide bonds. The minimum absolute atomic E-state index is 0.0435. The maximum absolute atomic E-state index is 13.3. The zero-order valence-electron chi connectivity index (χ0n) is 9.16. The number of aryl methyl sites for hydroxylation is 2. The van der Waals surface area contributed by atoms with Crippen molar-refractivity contribution in [2.24, 2.45) is 0 Å². The highest BCUT2D eigenvalue weighted by molar-refractivity contribution is 7.86. The summed E-state index contributed by atoms with van der Waals surface area (Å²) in [6, 6.07) is 4.85. The number of alkyl halides is 1. The number of hydrogen-bond acceptors (Lipinski definition) is 3. The van der Waals surface area contributed by atoms with Gasteiger partial charge >= 0.3 is 0 Å². The van der Waals surface area contributed by atoms with E-state index in [-0.39, 0.29) is 17.7 Å². The first-order valence-corrected chi connectivity index (χ1v) is 6.45. The molecular formula is C11H13FO3S. The van der Waals surface area contributed by atoms with Gasteiger partial charge in [0.15, 0.2) is 0 Å². The second kappa shape index (κ2) is 3.53. The van der Waals surface area contributed by atoms with Crippen LogP contribution in [0.1, 0.15) is 24.0 Å². The lowest BCUT2D eigenvalue weighted by molar-refractivity contribution is 0.0471. The first kappa shape index (κ1) is 11.5. The van der Waals surface area contributed by atoms with E-state index in [0.717, 1.165) is 5.56 Å². The first-order chi connectivity index (χ1) is 7.32. The van der Waals surface area contributed by atoms with Gasteiger partial charge in [0.1, 0.15) is 0 Å². The molecule has 5 heteroatoms. The van der Waals surface area contributed by atoms with Gasteiger partial charge in [-0.25, -0.2) is 8.57 Å². The van der Waals surface area contributed by atoms with Gasteiger partial charge in [-0.15, -0.1) is 0 Å². The highest BCUT2D eigenvalue weighted by Crippen LogP contribution is 2.43. The molecule has 1 aliphatic carbocycles. The summed E-state index contributed by atoms with van der Waals surface area (Å²) < 4.78 is 41.4. The van der Waals surface area contributed by atoms with Crippen LogP contribution in [0.5, 0.6) is 0 Å². The van der Waals surface area contributed by atoms with Crippen molar-refractivity contribution in [3.8, 4) is 0 Å². The van der Waals surface area contributed by atoms with Crippen molar-refractivity contribution in [2.45, 2.75) is 37.4 Å². The molecule has 1 saturated carbocycles. The van der Waals surface area contributed by atoms with E-state index in [1.54, 1.807) is 19.1 Å². The van der Waals surface area contributed by atoms with Gasteiger partial charge in [0, 0.05) is 12.8 Å². The van der Waals surface area contributed by atoms with E-state index in [1.807, 2.05) is 6.92 Å². The van der Waals surface area contributed by atoms with Crippen LogP contribution in [0.2, 0.25) is 0 Å². The molecule has 16 heavy (non-hydrogen) atoms. The van der Waals surface area contributed by atoms with Crippen molar-refractivity contribution in [1.29, 1.82) is 0 Å². The Morgan fingerprint density at radius 3 is 2.44 bits per heavy atom. The summed E-state index contributed by atoms with van der Waals surface area (Å²) in [6.45, 7) is 3.53. The van der Waals surface area contributed by atoms with Crippen LogP contribution >= 0.6 is 0 Å². The summed E-state index contributed by atoms with van der Waals surface area (Å²) in [5.74, 6) is -1.96. The third kappa shape index (κ3) is 2.25. The van der Waals surface area contributed by atoms with Crippen LogP contribution in [0.4, 0.5) is 4.39 Å². The Hall–Kier alpha value is -0.940. The van der Waals surface area contributed by atoms with Crippen molar-refractivity contribution in [3.05, 3.63) is 29.3 Å². The van der Waals surface area contributed by atoms with Gasteiger partial charge in [0.05, 0.1) is 4.90 Å². The van der Waals surface area contributed by atoms with Gasteiger partial charge < -0.3 is 0 Å². The molecule has 1 aliphatic rings. The van der Waals surface area contributed by atoms with E-state index >= 15 is 0 Å². The first-order valence-electron chi connectivity index (χ1n) is 5.04. The second-order valence-electron chi connectivity index (χ2n) is 4.19. The van der Waals surface area contributed by atoms with E-state index in [9.17, 15) is 12.8 Å². The van der Waals surface area contributed by atoms with Crippen molar-refractivity contribution in [1.82, 2.24) is 0 Å². The van der Waals surface area contributed by atoms with Crippen LogP contribution < -0.4 is 0 Å². The fourth-order valence-electron chi connectivity index (χ4n) is 1.50. The zero-order chi connectivity index (χ0) is 12.0. The van der Waals surface area contributed by atoms with E-state index in [4.69, 9.17) is 0 Å². The van der Waals surface area contributed by atoms with Crippen LogP contribution in [-0.4, -0.2) is 14.3 Å². The third-order valence-electron chi connectivity index (χ3n) is 2.50. The molecule has 1 aromatic carbocycles. The average Bonchev–Trinajstić information content (AvgIpc) is 2.80. The van der Waals surface area contributed by atoms with Crippen LogP contribution in [0.25, 0.3) is 0 Å². The Bertz CT molecular complexity index is 518. The minimum Gasteiger partial charge on any atom is -0.227 e. The van der Waals surface area contributed by atoms with Gasteiger partial charge in [0.25, 0.3) is 10.1 Å². The van der Waals surface area contributed by atoms with Crippen molar-refractivity contribution in [3.63, 3.8) is 0 Å². The summed E-state index contributed by atoms with van der Waals surface area (Å²) in [7, 11) is -3.98. The largest absolute Gasteiger partial charge is 0.300 e. The molecule has 0 heterocycles. The monoisotopic (exact) mass is 244 g/mol. The molecule has 0 unspecified atom stereocenters. The van der Waals surface area contributed by atoms with E-state index in [2.05, 4.69) is 4.18 Å². The molecule has 0 spiro atoms. The number of rotatable bonds is 3. The van der Waals surface area contributed by atoms with Gasteiger partial charge in [-0.3, -0.25) is 0 Å². The highest BCUT2D eigenvalue weighted by Gasteiger charge is 2.49. The van der Waals surface area contributed by atoms with Crippen molar-refractivity contribution < 1.29 is 17.0 Å². The molecule has 1 aromatic rings. The van der Waals surface area contributed by atoms with Crippen LogP contribution in [0.15, 0.2) is 23.1 Å². The summed E-state index contributed by atoms with van der Waals surface area (Å²) in [6.07, 6.45) is 0.300. The molecule has 3 nitrogen and oxygen atoms in total. The van der Waals surface area contributed by atoms with Crippen LogP contribution in [-0.2, 0) is 14.3 Å². The quantitative estimate of drug-likeness (QED) is 0.767. The van der Waals surface area contributed by atoms with Gasteiger partial charge in [0.2, 0.25) is 5.85 Å². The normalized spacial score (nSPS) is 18.4. The smallest absolute Gasteiger partial charge is 0.227 e. The van der Waals surface area contributed by atoms with Crippen molar-refractivity contribution in [2.75, 3.05) is 0 Å². The van der Waals surface area contributed by atoms with Crippen LogP contribution in [0.3, 0.4) is 0 Å². The molecule has 88 valence electrons. The molecule has 0 atom stereocenters. The Morgan fingerprint density at radius 1 is 1.31 bits per heavy atom. The van der Waals surface area contributed by atoms with Gasteiger partial charge in [-0.05, 0) is 25.5 Å². The molecule has 0 radical (unpaired) electrons. The van der Waals surface area contributed by atoms with E-state index in [0.29, 0.717) is 5.56 Å². The SMILES string of the molecule is Cc1ccc(S(=O)(=O)OC2(F)CC2)c(C)c1. The third-order valence-corrected chi connectivity index (χ3v) is 4.02. The summed E-state index contributed by atoms with van der Waals surface area (Å²) >= 11 is 0. The van der Waals surface area contributed by atoms with E-state index < -0.39 is 16.0 Å². The fourth-order valence-corrected chi connectivity index (χ4v) is 2.84. The summed E-state index contributed by atoms with van der Waals surface area (Å²) in [5, 5.41) is 0. The average molecular weight is 244 g/mol. The zero-order valence-corrected chi connectivity index (χ0v) is 9.97. The van der Waals surface area contributed by atoms with Gasteiger partial charge in [-0.1, -0.05) is 17.7 Å². The predicted molar refractivity (Wildman–Crippen MR) is 57.3 cm³/mol. The molecule has 1 fully saturated rings. The summed E-state index contributed by atoms with van der Waals surface area (Å²) in [5.41, 5.74) is 1.53. The minimum atomic E-state index is -3.98. The Labute approximate surface area is 94.4 Å². The Kier molecular flexibility index (Phi) is 2.55. The molecule has 0 aromatic heterocycles. The highest BCUT2D eigenvalue weighted by atomic mass is 32.2. The topological polar surface area (TPSA) is 43.4 Å².